The van der Waals surface area contributed by atoms with Crippen LogP contribution in [0.4, 0.5) is 5.69 Å². The fraction of sp³-hybridized carbons (Fsp3) is 0.167. The van der Waals surface area contributed by atoms with Crippen LogP contribution in [0.25, 0.3) is 0 Å². The highest BCUT2D eigenvalue weighted by Crippen LogP contribution is 2.33. The summed E-state index contributed by atoms with van der Waals surface area (Å²) in [7, 11) is -3.69. The molecular weight excluding hydrogens is 350 g/mol. The van der Waals surface area contributed by atoms with E-state index in [1.54, 1.807) is 32.0 Å². The molecule has 0 amide bonds. The quantitative estimate of drug-likeness (QED) is 0.820. The number of aryl methyl sites for hydroxylation is 2. The maximum absolute atomic E-state index is 12.3. The van der Waals surface area contributed by atoms with Crippen molar-refractivity contribution in [1.82, 2.24) is 0 Å². The SMILES string of the molecule is Cc1cccc(NS(=O)(=O)c2cc(Br)sc2C)c1O. The van der Waals surface area contributed by atoms with E-state index >= 15 is 0 Å². The van der Waals surface area contributed by atoms with Gasteiger partial charge < -0.3 is 5.11 Å². The zero-order chi connectivity index (χ0) is 14.2. The van der Waals surface area contributed by atoms with Gasteiger partial charge in [-0.3, -0.25) is 4.72 Å². The highest BCUT2D eigenvalue weighted by atomic mass is 79.9. The van der Waals surface area contributed by atoms with Crippen molar-refractivity contribution in [2.45, 2.75) is 18.7 Å². The number of rotatable bonds is 3. The average molecular weight is 362 g/mol. The summed E-state index contributed by atoms with van der Waals surface area (Å²) >= 11 is 4.61. The zero-order valence-electron chi connectivity index (χ0n) is 10.3. The van der Waals surface area contributed by atoms with Crippen LogP contribution in [0.2, 0.25) is 0 Å². The van der Waals surface area contributed by atoms with Gasteiger partial charge in [0.25, 0.3) is 10.0 Å². The highest BCUT2D eigenvalue weighted by Gasteiger charge is 2.21. The Kier molecular flexibility index (Phi) is 3.89. The van der Waals surface area contributed by atoms with Gasteiger partial charge in [-0.15, -0.1) is 11.3 Å². The summed E-state index contributed by atoms with van der Waals surface area (Å²) in [5, 5.41) is 9.85. The van der Waals surface area contributed by atoms with Gasteiger partial charge in [-0.05, 0) is 47.5 Å². The van der Waals surface area contributed by atoms with E-state index in [0.29, 0.717) is 10.4 Å². The summed E-state index contributed by atoms with van der Waals surface area (Å²) in [6.45, 7) is 3.44. The summed E-state index contributed by atoms with van der Waals surface area (Å²) < 4.78 is 27.7. The molecule has 0 spiro atoms. The van der Waals surface area contributed by atoms with Crippen molar-refractivity contribution in [2.75, 3.05) is 4.72 Å². The van der Waals surface area contributed by atoms with Crippen LogP contribution in [0.3, 0.4) is 0 Å². The summed E-state index contributed by atoms with van der Waals surface area (Å²) in [5.74, 6) is -0.0574. The van der Waals surface area contributed by atoms with Gasteiger partial charge in [-0.1, -0.05) is 12.1 Å². The smallest absolute Gasteiger partial charge is 0.263 e. The lowest BCUT2D eigenvalue weighted by Crippen LogP contribution is -2.13. The summed E-state index contributed by atoms with van der Waals surface area (Å²) in [6, 6.07) is 6.47. The number of thiophene rings is 1. The molecule has 0 atom stereocenters. The minimum absolute atomic E-state index is 0.0574. The van der Waals surface area contributed by atoms with E-state index < -0.39 is 10.0 Å². The normalized spacial score (nSPS) is 11.5. The first-order valence-corrected chi connectivity index (χ1v) is 8.48. The van der Waals surface area contributed by atoms with E-state index in [2.05, 4.69) is 20.7 Å². The van der Waals surface area contributed by atoms with Gasteiger partial charge in [-0.2, -0.15) is 0 Å². The fourth-order valence-corrected chi connectivity index (χ4v) is 5.12. The minimum Gasteiger partial charge on any atom is -0.505 e. The number of nitrogens with one attached hydrogen (secondary N) is 1. The molecule has 1 aromatic carbocycles. The maximum Gasteiger partial charge on any atom is 0.263 e. The second kappa shape index (κ2) is 5.15. The van der Waals surface area contributed by atoms with E-state index in [1.165, 1.54) is 17.4 Å². The molecule has 2 rings (SSSR count). The first kappa shape index (κ1) is 14.4. The number of sulfonamides is 1. The molecule has 0 aliphatic rings. The molecule has 7 heteroatoms. The summed E-state index contributed by atoms with van der Waals surface area (Å²) in [5.41, 5.74) is 0.796. The number of phenols is 1. The van der Waals surface area contributed by atoms with Crippen LogP contribution in [-0.4, -0.2) is 13.5 Å². The molecule has 0 saturated carbocycles. The lowest BCUT2D eigenvalue weighted by Gasteiger charge is -2.10. The summed E-state index contributed by atoms with van der Waals surface area (Å²) in [6.07, 6.45) is 0. The van der Waals surface area contributed by atoms with Crippen molar-refractivity contribution in [2.24, 2.45) is 0 Å². The van der Waals surface area contributed by atoms with E-state index in [0.717, 1.165) is 3.79 Å². The predicted octanol–water partition coefficient (Wildman–Crippen LogP) is 3.63. The van der Waals surface area contributed by atoms with Crippen LogP contribution in [0.15, 0.2) is 32.9 Å². The average Bonchev–Trinajstić information content (AvgIpc) is 2.65. The van der Waals surface area contributed by atoms with Gasteiger partial charge in [0.05, 0.1) is 9.47 Å². The largest absolute Gasteiger partial charge is 0.505 e. The topological polar surface area (TPSA) is 66.4 Å². The molecule has 19 heavy (non-hydrogen) atoms. The van der Waals surface area contributed by atoms with Gasteiger partial charge in [0.15, 0.2) is 0 Å². The van der Waals surface area contributed by atoms with Crippen molar-refractivity contribution in [3.05, 3.63) is 38.5 Å². The van der Waals surface area contributed by atoms with Crippen LogP contribution in [-0.2, 0) is 10.0 Å². The third-order valence-corrected chi connectivity index (χ3v) is 5.79. The number of benzene rings is 1. The molecule has 102 valence electrons. The van der Waals surface area contributed by atoms with E-state index in [9.17, 15) is 13.5 Å². The molecule has 0 fully saturated rings. The Morgan fingerprint density at radius 1 is 1.32 bits per heavy atom. The van der Waals surface area contributed by atoms with Gasteiger partial charge in [0.2, 0.25) is 0 Å². The third-order valence-electron chi connectivity index (χ3n) is 2.61. The number of hydrogen-bond acceptors (Lipinski definition) is 4. The Balaban J connectivity index is 2.42. The Labute approximate surface area is 124 Å². The molecule has 2 aromatic rings. The number of hydrogen-bond donors (Lipinski definition) is 2. The molecule has 1 heterocycles. The first-order chi connectivity index (χ1) is 8.81. The van der Waals surface area contributed by atoms with Crippen molar-refractivity contribution in [3.63, 3.8) is 0 Å². The van der Waals surface area contributed by atoms with Crippen LogP contribution >= 0.6 is 27.3 Å². The maximum atomic E-state index is 12.3. The molecule has 2 N–H and O–H groups in total. The number of phenolic OH excluding ortho intramolecular Hbond substituents is 1. The Morgan fingerprint density at radius 3 is 2.58 bits per heavy atom. The number of anilines is 1. The molecule has 0 aliphatic carbocycles. The Hall–Kier alpha value is -1.05. The number of para-hydroxylation sites is 1. The predicted molar refractivity (Wildman–Crippen MR) is 80.4 cm³/mol. The molecule has 4 nitrogen and oxygen atoms in total. The zero-order valence-corrected chi connectivity index (χ0v) is 13.5. The summed E-state index contributed by atoms with van der Waals surface area (Å²) in [4.78, 5) is 0.900. The van der Waals surface area contributed by atoms with E-state index in [1.807, 2.05) is 0 Å². The third kappa shape index (κ3) is 2.93. The van der Waals surface area contributed by atoms with E-state index in [-0.39, 0.29) is 16.3 Å². The Bertz CT molecular complexity index is 723. The minimum atomic E-state index is -3.69. The van der Waals surface area contributed by atoms with E-state index in [4.69, 9.17) is 0 Å². The molecule has 0 aliphatic heterocycles. The first-order valence-electron chi connectivity index (χ1n) is 5.38. The van der Waals surface area contributed by atoms with Crippen LogP contribution < -0.4 is 4.72 Å². The van der Waals surface area contributed by atoms with Crippen molar-refractivity contribution < 1.29 is 13.5 Å². The van der Waals surface area contributed by atoms with Crippen molar-refractivity contribution in [3.8, 4) is 5.75 Å². The van der Waals surface area contributed by atoms with Gasteiger partial charge >= 0.3 is 0 Å². The second-order valence-electron chi connectivity index (χ2n) is 4.05. The van der Waals surface area contributed by atoms with Gasteiger partial charge in [0, 0.05) is 4.88 Å². The van der Waals surface area contributed by atoms with Crippen molar-refractivity contribution in [1.29, 1.82) is 0 Å². The Morgan fingerprint density at radius 2 is 2.00 bits per heavy atom. The molecular formula is C12H12BrNO3S2. The highest BCUT2D eigenvalue weighted by molar-refractivity contribution is 9.11. The second-order valence-corrected chi connectivity index (χ2v) is 8.33. The van der Waals surface area contributed by atoms with Crippen LogP contribution in [0, 0.1) is 13.8 Å². The van der Waals surface area contributed by atoms with Crippen molar-refractivity contribution >= 4 is 43.0 Å². The molecule has 0 bridgehead atoms. The van der Waals surface area contributed by atoms with Gasteiger partial charge in [-0.25, -0.2) is 8.42 Å². The molecule has 1 aromatic heterocycles. The standard InChI is InChI=1S/C12H12BrNO3S2/c1-7-4-3-5-9(12(7)15)14-19(16,17)10-6-11(13)18-8(10)2/h3-6,14-15H,1-2H3. The van der Waals surface area contributed by atoms with Gasteiger partial charge in [0.1, 0.15) is 10.6 Å². The molecule has 0 saturated heterocycles. The number of aromatic hydroxyl groups is 1. The lowest BCUT2D eigenvalue weighted by atomic mass is 10.2. The van der Waals surface area contributed by atoms with Crippen LogP contribution in [0.1, 0.15) is 10.4 Å². The number of halogens is 1. The monoisotopic (exact) mass is 361 g/mol. The lowest BCUT2D eigenvalue weighted by molar-refractivity contribution is 0.473. The van der Waals surface area contributed by atoms with Crippen LogP contribution in [0.5, 0.6) is 5.75 Å². The molecule has 0 unspecified atom stereocenters. The molecule has 0 radical (unpaired) electrons. The fourth-order valence-electron chi connectivity index (χ4n) is 1.64.